The van der Waals surface area contributed by atoms with Gasteiger partial charge < -0.3 is 17.0 Å². The Hall–Kier alpha value is -1.35. The van der Waals surface area contributed by atoms with Gasteiger partial charge >= 0.3 is 23.1 Å². The van der Waals surface area contributed by atoms with Gasteiger partial charge in [-0.3, -0.25) is 0 Å². The van der Waals surface area contributed by atoms with Gasteiger partial charge in [0.05, 0.1) is 0 Å². The van der Waals surface area contributed by atoms with Gasteiger partial charge in [-0.25, -0.2) is 0 Å². The summed E-state index contributed by atoms with van der Waals surface area (Å²) in [5.74, 6) is 0. The van der Waals surface area contributed by atoms with E-state index in [4.69, 9.17) is 0 Å². The Morgan fingerprint density at radius 3 is 1.32 bits per heavy atom. The molecule has 0 aromatic heterocycles. The van der Waals surface area contributed by atoms with Crippen LogP contribution in [0.25, 0.3) is 5.57 Å². The minimum Gasteiger partial charge on any atom is -1.00 e. The normalized spacial score (nSPS) is 9.09. The molecule has 0 aliphatic rings. The van der Waals surface area contributed by atoms with Crippen molar-refractivity contribution in [2.75, 3.05) is 0 Å². The quantitative estimate of drug-likeness (QED) is 0.379. The summed E-state index contributed by atoms with van der Waals surface area (Å²) >= 11 is 0. The van der Waals surface area contributed by atoms with E-state index in [9.17, 15) is 0 Å². The van der Waals surface area contributed by atoms with E-state index in [0.29, 0.717) is 0 Å². The predicted molar refractivity (Wildman–Crippen MR) is 89.9 cm³/mol. The fourth-order valence-electron chi connectivity index (χ4n) is 2.19. The zero-order valence-electron chi connectivity index (χ0n) is 12.2. The molecule has 0 saturated carbocycles. The molecule has 0 unspecified atom stereocenters. The minimum absolute atomic E-state index is 0. The molecule has 0 bridgehead atoms. The van der Waals surface area contributed by atoms with E-state index in [-0.39, 0.29) is 40.0 Å². The number of hydrogen-bond donors (Lipinski definition) is 0. The summed E-state index contributed by atoms with van der Waals surface area (Å²) < 4.78 is 0. The first-order chi connectivity index (χ1) is 9.93. The molecule has 0 fully saturated rings. The molecule has 2 heteroatoms. The number of halogens is 1. The minimum atomic E-state index is 0. The second-order valence-corrected chi connectivity index (χ2v) is 4.60. The maximum absolute atomic E-state index is 3.53. The summed E-state index contributed by atoms with van der Waals surface area (Å²) in [5.41, 5.74) is 4.58. The second-order valence-electron chi connectivity index (χ2n) is 4.60. The number of hydrogen-bond acceptors (Lipinski definition) is 0. The van der Waals surface area contributed by atoms with Crippen LogP contribution in [-0.4, -0.2) is 23.1 Å². The van der Waals surface area contributed by atoms with E-state index < -0.39 is 0 Å². The standard InChI is InChI=1S/C20H15.BrH.Mg/c1-4-10-17(11-5-1)16-20(18-12-6-2-7-13-18)19-14-8-3-9-15-19;;/h1-15H;1H;/q-1;;+2/p-1. The topological polar surface area (TPSA) is 0 Å². The molecule has 3 aromatic rings. The molecule has 0 atom stereocenters. The van der Waals surface area contributed by atoms with Gasteiger partial charge in [0.1, 0.15) is 0 Å². The molecule has 0 saturated heterocycles. The van der Waals surface area contributed by atoms with Crippen molar-refractivity contribution in [2.24, 2.45) is 0 Å². The van der Waals surface area contributed by atoms with Crippen LogP contribution < -0.4 is 17.0 Å². The van der Waals surface area contributed by atoms with Crippen molar-refractivity contribution < 1.29 is 17.0 Å². The molecule has 3 rings (SSSR count). The van der Waals surface area contributed by atoms with Crippen LogP contribution in [0.15, 0.2) is 91.0 Å². The Bertz CT molecular complexity index is 650. The van der Waals surface area contributed by atoms with Gasteiger partial charge in [-0.05, 0) is 0 Å². The first kappa shape index (κ1) is 18.7. The van der Waals surface area contributed by atoms with E-state index in [1.165, 1.54) is 11.1 Å². The summed E-state index contributed by atoms with van der Waals surface area (Å²) in [5, 5.41) is 0. The van der Waals surface area contributed by atoms with Crippen LogP contribution in [-0.2, 0) is 0 Å². The van der Waals surface area contributed by atoms with Crippen LogP contribution in [0.3, 0.4) is 0 Å². The average Bonchev–Trinajstić information content (AvgIpc) is 2.55. The van der Waals surface area contributed by atoms with Crippen LogP contribution in [0, 0.1) is 6.08 Å². The molecule has 0 amide bonds. The fourth-order valence-corrected chi connectivity index (χ4v) is 2.19. The van der Waals surface area contributed by atoms with E-state index in [1.54, 1.807) is 0 Å². The third kappa shape index (κ3) is 4.84. The Morgan fingerprint density at radius 2 is 0.909 bits per heavy atom. The smallest absolute Gasteiger partial charge is 1.00 e. The average molecular weight is 360 g/mol. The zero-order valence-corrected chi connectivity index (χ0v) is 15.2. The molecular formula is C20H15BrMg. The van der Waals surface area contributed by atoms with Crippen molar-refractivity contribution in [3.05, 3.63) is 114 Å². The van der Waals surface area contributed by atoms with E-state index in [1.807, 2.05) is 30.3 Å². The largest absolute Gasteiger partial charge is 2.00 e. The fraction of sp³-hybridized carbons (Fsp3) is 0. The molecule has 22 heavy (non-hydrogen) atoms. The monoisotopic (exact) mass is 358 g/mol. The van der Waals surface area contributed by atoms with Crippen LogP contribution in [0.1, 0.15) is 16.7 Å². The summed E-state index contributed by atoms with van der Waals surface area (Å²) in [6, 6.07) is 31.1. The van der Waals surface area contributed by atoms with Crippen molar-refractivity contribution >= 4 is 28.6 Å². The Kier molecular flexibility index (Phi) is 8.17. The van der Waals surface area contributed by atoms with Gasteiger partial charge in [-0.1, -0.05) is 90.0 Å². The molecular weight excluding hydrogens is 344 g/mol. The maximum atomic E-state index is 3.53. The summed E-state index contributed by atoms with van der Waals surface area (Å²) in [6.45, 7) is 0. The van der Waals surface area contributed by atoms with Gasteiger partial charge in [0.15, 0.2) is 0 Å². The van der Waals surface area contributed by atoms with Gasteiger partial charge in [-0.2, -0.15) is 0 Å². The van der Waals surface area contributed by atoms with Crippen molar-refractivity contribution in [3.63, 3.8) is 0 Å². The first-order valence-corrected chi connectivity index (χ1v) is 6.73. The van der Waals surface area contributed by atoms with E-state index >= 15 is 0 Å². The van der Waals surface area contributed by atoms with Crippen LogP contribution in [0.5, 0.6) is 0 Å². The van der Waals surface area contributed by atoms with Crippen LogP contribution in [0.4, 0.5) is 0 Å². The molecule has 104 valence electrons. The van der Waals surface area contributed by atoms with Crippen LogP contribution >= 0.6 is 0 Å². The van der Waals surface area contributed by atoms with Crippen molar-refractivity contribution in [2.45, 2.75) is 0 Å². The Morgan fingerprint density at radius 1 is 0.545 bits per heavy atom. The molecule has 3 aromatic carbocycles. The van der Waals surface area contributed by atoms with Gasteiger partial charge in [0.25, 0.3) is 0 Å². The zero-order chi connectivity index (χ0) is 13.6. The summed E-state index contributed by atoms with van der Waals surface area (Å²) in [4.78, 5) is 0. The van der Waals surface area contributed by atoms with Gasteiger partial charge in [0, 0.05) is 0 Å². The van der Waals surface area contributed by atoms with E-state index in [0.717, 1.165) is 11.1 Å². The third-order valence-electron chi connectivity index (χ3n) is 3.17. The van der Waals surface area contributed by atoms with Crippen LogP contribution in [0.2, 0.25) is 0 Å². The maximum Gasteiger partial charge on any atom is 2.00 e. The Labute approximate surface area is 158 Å². The molecule has 0 heterocycles. The van der Waals surface area contributed by atoms with Gasteiger partial charge in [0.2, 0.25) is 0 Å². The Balaban J connectivity index is 0.00000121. The van der Waals surface area contributed by atoms with E-state index in [2.05, 4.69) is 66.7 Å². The molecule has 0 spiro atoms. The molecule has 0 N–H and O–H groups in total. The molecule has 0 aliphatic heterocycles. The molecule has 0 radical (unpaired) electrons. The summed E-state index contributed by atoms with van der Waals surface area (Å²) in [7, 11) is 0. The summed E-state index contributed by atoms with van der Waals surface area (Å²) in [6.07, 6.45) is 3.53. The first-order valence-electron chi connectivity index (χ1n) is 6.73. The number of rotatable bonds is 3. The number of benzene rings is 3. The van der Waals surface area contributed by atoms with Crippen molar-refractivity contribution in [1.82, 2.24) is 0 Å². The third-order valence-corrected chi connectivity index (χ3v) is 3.17. The SMILES string of the molecule is [Br-].[C-](=C(c1ccccc1)c1ccccc1)c1ccccc1.[Mg+2]. The van der Waals surface area contributed by atoms with Crippen molar-refractivity contribution in [3.8, 4) is 0 Å². The second kappa shape index (κ2) is 9.62. The van der Waals surface area contributed by atoms with Gasteiger partial charge in [-0.15, -0.1) is 29.3 Å². The predicted octanol–water partition coefficient (Wildman–Crippen LogP) is 1.59. The molecule has 0 nitrogen and oxygen atoms in total. The van der Waals surface area contributed by atoms with Crippen molar-refractivity contribution in [1.29, 1.82) is 0 Å². The molecule has 0 aliphatic carbocycles.